The molecule has 2 aromatic carbocycles. The molecule has 0 saturated carbocycles. The standard InChI is InChI=1S/C20H24N2O4S/c1-26-19-10-6-3-7-15(19)11-12-20(23)21-17-13-14-22(27(2,24)25)18-9-5-4-8-16(17)18/h3-10,17H,11-14H2,1-2H3,(H,21,23). The molecule has 144 valence electrons. The molecule has 0 spiro atoms. The van der Waals surface area contributed by atoms with Gasteiger partial charge in [-0.2, -0.15) is 0 Å². The molecule has 1 heterocycles. The van der Waals surface area contributed by atoms with Crippen LogP contribution in [0.25, 0.3) is 0 Å². The average Bonchev–Trinajstić information content (AvgIpc) is 2.66. The highest BCUT2D eigenvalue weighted by atomic mass is 32.2. The van der Waals surface area contributed by atoms with Crippen LogP contribution < -0.4 is 14.4 Å². The van der Waals surface area contributed by atoms with Crippen molar-refractivity contribution in [2.75, 3.05) is 24.2 Å². The molecule has 3 rings (SSSR count). The van der Waals surface area contributed by atoms with Crippen molar-refractivity contribution in [3.05, 3.63) is 59.7 Å². The van der Waals surface area contributed by atoms with Crippen LogP contribution in [0.15, 0.2) is 48.5 Å². The molecule has 6 nitrogen and oxygen atoms in total. The lowest BCUT2D eigenvalue weighted by Gasteiger charge is -2.34. The van der Waals surface area contributed by atoms with Gasteiger partial charge in [-0.25, -0.2) is 8.42 Å². The Balaban J connectivity index is 1.69. The maximum Gasteiger partial charge on any atom is 0.232 e. The van der Waals surface area contributed by atoms with Gasteiger partial charge in [0.15, 0.2) is 0 Å². The summed E-state index contributed by atoms with van der Waals surface area (Å²) in [5.41, 5.74) is 2.46. The third-order valence-electron chi connectivity index (χ3n) is 4.75. The number of nitrogens with zero attached hydrogens (tertiary/aromatic N) is 1. The number of nitrogens with one attached hydrogen (secondary N) is 1. The number of amides is 1. The van der Waals surface area contributed by atoms with E-state index in [1.54, 1.807) is 13.2 Å². The SMILES string of the molecule is COc1ccccc1CCC(=O)NC1CCN(S(C)(=O)=O)c2ccccc21. The van der Waals surface area contributed by atoms with E-state index in [1.165, 1.54) is 10.6 Å². The van der Waals surface area contributed by atoms with E-state index >= 15 is 0 Å². The molecule has 1 atom stereocenters. The van der Waals surface area contributed by atoms with E-state index in [1.807, 2.05) is 42.5 Å². The first-order valence-corrected chi connectivity index (χ1v) is 10.7. The molecular formula is C20H24N2O4S. The summed E-state index contributed by atoms with van der Waals surface area (Å²) in [5, 5.41) is 3.05. The van der Waals surface area contributed by atoms with Crippen molar-refractivity contribution in [3.63, 3.8) is 0 Å². The summed E-state index contributed by atoms with van der Waals surface area (Å²) in [6.45, 7) is 0.354. The number of para-hydroxylation sites is 2. The predicted molar refractivity (Wildman–Crippen MR) is 105 cm³/mol. The summed E-state index contributed by atoms with van der Waals surface area (Å²) in [4.78, 5) is 12.5. The number of rotatable bonds is 6. The maximum absolute atomic E-state index is 12.5. The Labute approximate surface area is 160 Å². The summed E-state index contributed by atoms with van der Waals surface area (Å²) in [5.74, 6) is 0.714. The Morgan fingerprint density at radius 2 is 1.89 bits per heavy atom. The highest BCUT2D eigenvalue weighted by Gasteiger charge is 2.30. The minimum absolute atomic E-state index is 0.0616. The van der Waals surface area contributed by atoms with Crippen LogP contribution in [0, 0.1) is 0 Å². The first kappa shape index (κ1) is 19.2. The van der Waals surface area contributed by atoms with E-state index in [2.05, 4.69) is 5.32 Å². The van der Waals surface area contributed by atoms with Gasteiger partial charge in [0.25, 0.3) is 0 Å². The first-order chi connectivity index (χ1) is 12.9. The summed E-state index contributed by atoms with van der Waals surface area (Å²) in [7, 11) is -1.72. The minimum atomic E-state index is -3.34. The zero-order valence-electron chi connectivity index (χ0n) is 15.5. The minimum Gasteiger partial charge on any atom is -0.496 e. The number of carbonyl (C=O) groups is 1. The number of methoxy groups -OCH3 is 1. The van der Waals surface area contributed by atoms with Gasteiger partial charge in [-0.1, -0.05) is 36.4 Å². The fourth-order valence-corrected chi connectivity index (χ4v) is 4.41. The zero-order chi connectivity index (χ0) is 19.4. The Kier molecular flexibility index (Phi) is 5.70. The van der Waals surface area contributed by atoms with Gasteiger partial charge in [0.2, 0.25) is 15.9 Å². The van der Waals surface area contributed by atoms with E-state index in [0.717, 1.165) is 16.9 Å². The number of hydrogen-bond donors (Lipinski definition) is 1. The molecule has 1 aliphatic rings. The van der Waals surface area contributed by atoms with Gasteiger partial charge < -0.3 is 10.1 Å². The van der Waals surface area contributed by atoms with Gasteiger partial charge in [0.1, 0.15) is 5.75 Å². The largest absolute Gasteiger partial charge is 0.496 e. The summed E-state index contributed by atoms with van der Waals surface area (Å²) in [6.07, 6.45) is 2.68. The zero-order valence-corrected chi connectivity index (χ0v) is 16.3. The monoisotopic (exact) mass is 388 g/mol. The van der Waals surface area contributed by atoms with Gasteiger partial charge >= 0.3 is 0 Å². The second-order valence-corrected chi connectivity index (χ2v) is 8.52. The molecule has 7 heteroatoms. The number of ether oxygens (including phenoxy) is 1. The van der Waals surface area contributed by atoms with E-state index in [9.17, 15) is 13.2 Å². The van der Waals surface area contributed by atoms with Crippen molar-refractivity contribution in [1.82, 2.24) is 5.32 Å². The van der Waals surface area contributed by atoms with Gasteiger partial charge in [-0.05, 0) is 36.1 Å². The molecular weight excluding hydrogens is 364 g/mol. The fraction of sp³-hybridized carbons (Fsp3) is 0.350. The van der Waals surface area contributed by atoms with Crippen molar-refractivity contribution in [3.8, 4) is 5.75 Å². The smallest absolute Gasteiger partial charge is 0.232 e. The molecule has 0 bridgehead atoms. The number of carbonyl (C=O) groups excluding carboxylic acids is 1. The van der Waals surface area contributed by atoms with Gasteiger partial charge in [-0.15, -0.1) is 0 Å². The number of anilines is 1. The van der Waals surface area contributed by atoms with Crippen LogP contribution in [0.4, 0.5) is 5.69 Å². The Bertz CT molecular complexity index is 927. The normalized spacial score (nSPS) is 16.5. The highest BCUT2D eigenvalue weighted by molar-refractivity contribution is 7.92. The molecule has 27 heavy (non-hydrogen) atoms. The molecule has 2 aromatic rings. The van der Waals surface area contributed by atoms with Crippen LogP contribution in [0.2, 0.25) is 0 Å². The molecule has 1 N–H and O–H groups in total. The molecule has 0 fully saturated rings. The third-order valence-corrected chi connectivity index (χ3v) is 5.93. The number of benzene rings is 2. The number of fused-ring (bicyclic) bond motifs is 1. The summed E-state index contributed by atoms with van der Waals surface area (Å²) in [6, 6.07) is 14.8. The Morgan fingerprint density at radius 1 is 1.19 bits per heavy atom. The van der Waals surface area contributed by atoms with Crippen LogP contribution >= 0.6 is 0 Å². The van der Waals surface area contributed by atoms with Gasteiger partial charge in [0, 0.05) is 13.0 Å². The van der Waals surface area contributed by atoms with Crippen LogP contribution in [0.1, 0.15) is 30.0 Å². The second-order valence-electron chi connectivity index (χ2n) is 6.61. The van der Waals surface area contributed by atoms with Crippen LogP contribution in [-0.4, -0.2) is 34.2 Å². The lowest BCUT2D eigenvalue weighted by molar-refractivity contribution is -0.121. The van der Waals surface area contributed by atoms with E-state index in [0.29, 0.717) is 31.5 Å². The van der Waals surface area contributed by atoms with E-state index in [-0.39, 0.29) is 11.9 Å². The second kappa shape index (κ2) is 8.00. The van der Waals surface area contributed by atoms with E-state index in [4.69, 9.17) is 4.74 Å². The summed E-state index contributed by atoms with van der Waals surface area (Å²) >= 11 is 0. The first-order valence-electron chi connectivity index (χ1n) is 8.88. The number of aryl methyl sites for hydroxylation is 1. The highest BCUT2D eigenvalue weighted by Crippen LogP contribution is 2.35. The molecule has 1 amide bonds. The molecule has 1 unspecified atom stereocenters. The van der Waals surface area contributed by atoms with Gasteiger partial charge in [0.05, 0.1) is 25.1 Å². The quantitative estimate of drug-likeness (QED) is 0.825. The molecule has 0 aliphatic carbocycles. The topological polar surface area (TPSA) is 75.7 Å². The lowest BCUT2D eigenvalue weighted by atomic mass is 9.97. The molecule has 0 radical (unpaired) electrons. The van der Waals surface area contributed by atoms with Crippen LogP contribution in [0.5, 0.6) is 5.75 Å². The van der Waals surface area contributed by atoms with Gasteiger partial charge in [-0.3, -0.25) is 9.10 Å². The van der Waals surface area contributed by atoms with Crippen LogP contribution in [-0.2, 0) is 21.2 Å². The third kappa shape index (κ3) is 4.42. The van der Waals surface area contributed by atoms with Crippen molar-refractivity contribution in [1.29, 1.82) is 0 Å². The Hall–Kier alpha value is -2.54. The van der Waals surface area contributed by atoms with Crippen molar-refractivity contribution < 1.29 is 17.9 Å². The number of sulfonamides is 1. The Morgan fingerprint density at radius 3 is 2.63 bits per heavy atom. The van der Waals surface area contributed by atoms with Crippen molar-refractivity contribution in [2.45, 2.75) is 25.3 Å². The fourth-order valence-electron chi connectivity index (χ4n) is 3.45. The maximum atomic E-state index is 12.5. The van der Waals surface area contributed by atoms with Crippen LogP contribution in [0.3, 0.4) is 0 Å². The predicted octanol–water partition coefficient (Wildman–Crippen LogP) is 2.66. The molecule has 0 aromatic heterocycles. The van der Waals surface area contributed by atoms with Crippen molar-refractivity contribution >= 4 is 21.6 Å². The van der Waals surface area contributed by atoms with Crippen molar-refractivity contribution in [2.24, 2.45) is 0 Å². The molecule has 0 saturated heterocycles. The average molecular weight is 388 g/mol. The number of hydrogen-bond acceptors (Lipinski definition) is 4. The lowest BCUT2D eigenvalue weighted by Crippen LogP contribution is -2.40. The van der Waals surface area contributed by atoms with E-state index < -0.39 is 10.0 Å². The molecule has 1 aliphatic heterocycles. The summed E-state index contributed by atoms with van der Waals surface area (Å²) < 4.78 is 30.8.